The van der Waals surface area contributed by atoms with Gasteiger partial charge < -0.3 is 15.8 Å². The van der Waals surface area contributed by atoms with Crippen molar-refractivity contribution >= 4 is 5.91 Å². The number of hydrogen-bond acceptors (Lipinski definition) is 3. The van der Waals surface area contributed by atoms with Crippen molar-refractivity contribution < 1.29 is 9.53 Å². The normalized spacial score (nSPS) is 25.4. The molecule has 4 nitrogen and oxygen atoms in total. The van der Waals surface area contributed by atoms with Crippen LogP contribution in [0.3, 0.4) is 0 Å². The van der Waals surface area contributed by atoms with Crippen LogP contribution in [0.25, 0.3) is 0 Å². The lowest BCUT2D eigenvalue weighted by Gasteiger charge is -2.19. The molecule has 3 unspecified atom stereocenters. The van der Waals surface area contributed by atoms with Crippen molar-refractivity contribution in [3.63, 3.8) is 0 Å². The molecule has 3 N–H and O–H groups in total. The molecule has 106 valence electrons. The Hall–Kier alpha value is -0.610. The Morgan fingerprint density at radius 1 is 1.44 bits per heavy atom. The topological polar surface area (TPSA) is 64.3 Å². The average molecular weight is 256 g/mol. The zero-order chi connectivity index (χ0) is 13.5. The molecule has 1 heterocycles. The van der Waals surface area contributed by atoms with Crippen molar-refractivity contribution in [1.29, 1.82) is 0 Å². The molecule has 3 atom stereocenters. The average Bonchev–Trinajstić information content (AvgIpc) is 2.71. The molecular formula is C14H28N2O2. The van der Waals surface area contributed by atoms with Crippen LogP contribution in [0.1, 0.15) is 52.9 Å². The quantitative estimate of drug-likeness (QED) is 0.730. The van der Waals surface area contributed by atoms with Crippen molar-refractivity contribution in [3.05, 3.63) is 0 Å². The molecule has 1 amide bonds. The van der Waals surface area contributed by atoms with E-state index in [0.717, 1.165) is 25.7 Å². The summed E-state index contributed by atoms with van der Waals surface area (Å²) >= 11 is 0. The Bertz CT molecular complexity index is 256. The zero-order valence-electron chi connectivity index (χ0n) is 11.9. The summed E-state index contributed by atoms with van der Waals surface area (Å²) in [5, 5.41) is 3.01. The minimum Gasteiger partial charge on any atom is -0.375 e. The number of rotatable bonds is 7. The number of carbonyl (C=O) groups is 1. The van der Waals surface area contributed by atoms with Crippen molar-refractivity contribution in [3.8, 4) is 0 Å². The van der Waals surface area contributed by atoms with Gasteiger partial charge in [0.05, 0.1) is 12.2 Å². The van der Waals surface area contributed by atoms with Crippen LogP contribution >= 0.6 is 0 Å². The van der Waals surface area contributed by atoms with Crippen LogP contribution in [0.5, 0.6) is 0 Å². The van der Waals surface area contributed by atoms with E-state index in [9.17, 15) is 4.79 Å². The summed E-state index contributed by atoms with van der Waals surface area (Å²) in [5.41, 5.74) is 5.67. The monoisotopic (exact) mass is 256 g/mol. The number of amides is 1. The summed E-state index contributed by atoms with van der Waals surface area (Å²) in [6.45, 7) is 6.89. The van der Waals surface area contributed by atoms with E-state index in [-0.39, 0.29) is 18.1 Å². The Balaban J connectivity index is 2.19. The first kappa shape index (κ1) is 15.4. The second-order valence-electron chi connectivity index (χ2n) is 5.81. The molecule has 1 aliphatic rings. The molecule has 0 aromatic rings. The minimum atomic E-state index is 0.106. The molecule has 0 radical (unpaired) electrons. The Morgan fingerprint density at radius 2 is 2.17 bits per heavy atom. The molecule has 0 aromatic heterocycles. The molecule has 1 fully saturated rings. The van der Waals surface area contributed by atoms with Gasteiger partial charge in [0.25, 0.3) is 0 Å². The number of carbonyl (C=O) groups excluding carboxylic acids is 1. The molecule has 0 saturated carbocycles. The van der Waals surface area contributed by atoms with E-state index in [1.165, 1.54) is 0 Å². The summed E-state index contributed by atoms with van der Waals surface area (Å²) in [6, 6.07) is 0.112. The van der Waals surface area contributed by atoms with Crippen LogP contribution < -0.4 is 11.1 Å². The van der Waals surface area contributed by atoms with Crippen molar-refractivity contribution in [1.82, 2.24) is 5.32 Å². The van der Waals surface area contributed by atoms with Gasteiger partial charge in [0.15, 0.2) is 0 Å². The maximum absolute atomic E-state index is 11.8. The van der Waals surface area contributed by atoms with Gasteiger partial charge in [0.2, 0.25) is 5.91 Å². The van der Waals surface area contributed by atoms with Crippen molar-refractivity contribution in [2.24, 2.45) is 11.7 Å². The van der Waals surface area contributed by atoms with Gasteiger partial charge in [-0.15, -0.1) is 0 Å². The third-order valence-corrected chi connectivity index (χ3v) is 3.42. The van der Waals surface area contributed by atoms with Crippen LogP contribution in [0.4, 0.5) is 0 Å². The number of nitrogens with two attached hydrogens (primary N) is 1. The van der Waals surface area contributed by atoms with E-state index in [4.69, 9.17) is 10.5 Å². The van der Waals surface area contributed by atoms with E-state index < -0.39 is 0 Å². The Labute approximate surface area is 111 Å². The summed E-state index contributed by atoms with van der Waals surface area (Å²) in [4.78, 5) is 11.8. The second kappa shape index (κ2) is 7.74. The van der Waals surface area contributed by atoms with Gasteiger partial charge in [0, 0.05) is 19.0 Å². The predicted molar refractivity (Wildman–Crippen MR) is 73.2 cm³/mol. The first-order valence-corrected chi connectivity index (χ1v) is 7.16. The highest BCUT2D eigenvalue weighted by molar-refractivity contribution is 5.76. The maximum atomic E-state index is 11.8. The molecular weight excluding hydrogens is 228 g/mol. The number of nitrogens with one attached hydrogen (secondary N) is 1. The molecule has 1 aliphatic heterocycles. The largest absolute Gasteiger partial charge is 0.375 e. The molecule has 18 heavy (non-hydrogen) atoms. The van der Waals surface area contributed by atoms with E-state index in [1.54, 1.807) is 0 Å². The summed E-state index contributed by atoms with van der Waals surface area (Å²) in [7, 11) is 0. The number of ether oxygens (including phenoxy) is 1. The lowest BCUT2D eigenvalue weighted by molar-refractivity contribution is -0.122. The number of hydrogen-bond donors (Lipinski definition) is 2. The Kier molecular flexibility index (Phi) is 6.65. The van der Waals surface area contributed by atoms with Gasteiger partial charge in [-0.3, -0.25) is 4.79 Å². The summed E-state index contributed by atoms with van der Waals surface area (Å²) < 4.78 is 5.70. The van der Waals surface area contributed by atoms with E-state index in [1.807, 2.05) is 0 Å². The first-order valence-electron chi connectivity index (χ1n) is 7.16. The first-order chi connectivity index (χ1) is 8.51. The van der Waals surface area contributed by atoms with Crippen LogP contribution in [0.2, 0.25) is 0 Å². The SMILES string of the molecule is CC(C)CC(CN)NC(=O)CCC1CCC(C)O1. The fourth-order valence-electron chi connectivity index (χ4n) is 2.47. The standard InChI is InChI=1S/C14H28N2O2/c1-10(2)8-12(9-15)16-14(17)7-6-13-5-4-11(3)18-13/h10-13H,4-9,15H2,1-3H3,(H,16,17). The highest BCUT2D eigenvalue weighted by atomic mass is 16.5. The zero-order valence-corrected chi connectivity index (χ0v) is 11.9. The lowest BCUT2D eigenvalue weighted by Crippen LogP contribution is -2.41. The van der Waals surface area contributed by atoms with Crippen LogP contribution in [-0.2, 0) is 9.53 Å². The fraction of sp³-hybridized carbons (Fsp3) is 0.929. The summed E-state index contributed by atoms with van der Waals surface area (Å²) in [5.74, 6) is 0.659. The highest BCUT2D eigenvalue weighted by Gasteiger charge is 2.22. The molecule has 1 saturated heterocycles. The van der Waals surface area contributed by atoms with Gasteiger partial charge in [-0.1, -0.05) is 13.8 Å². The van der Waals surface area contributed by atoms with Gasteiger partial charge in [0.1, 0.15) is 0 Å². The van der Waals surface area contributed by atoms with Gasteiger partial charge >= 0.3 is 0 Å². The third-order valence-electron chi connectivity index (χ3n) is 3.42. The van der Waals surface area contributed by atoms with E-state index in [2.05, 4.69) is 26.1 Å². The maximum Gasteiger partial charge on any atom is 0.220 e. The Morgan fingerprint density at radius 3 is 2.67 bits per heavy atom. The van der Waals surface area contributed by atoms with Crippen molar-refractivity contribution in [2.75, 3.05) is 6.54 Å². The molecule has 0 spiro atoms. The van der Waals surface area contributed by atoms with Gasteiger partial charge in [-0.05, 0) is 38.5 Å². The smallest absolute Gasteiger partial charge is 0.220 e. The lowest BCUT2D eigenvalue weighted by atomic mass is 10.0. The molecule has 0 bridgehead atoms. The van der Waals surface area contributed by atoms with Crippen LogP contribution in [0, 0.1) is 5.92 Å². The third kappa shape index (κ3) is 5.83. The molecule has 4 heteroatoms. The fourth-order valence-corrected chi connectivity index (χ4v) is 2.47. The van der Waals surface area contributed by atoms with E-state index >= 15 is 0 Å². The summed E-state index contributed by atoms with van der Waals surface area (Å²) in [6.07, 6.45) is 5.15. The van der Waals surface area contributed by atoms with Crippen molar-refractivity contribution in [2.45, 2.75) is 71.1 Å². The van der Waals surface area contributed by atoms with Gasteiger partial charge in [-0.2, -0.15) is 0 Å². The highest BCUT2D eigenvalue weighted by Crippen LogP contribution is 2.22. The van der Waals surface area contributed by atoms with Crippen LogP contribution in [0.15, 0.2) is 0 Å². The van der Waals surface area contributed by atoms with Gasteiger partial charge in [-0.25, -0.2) is 0 Å². The molecule has 0 aliphatic carbocycles. The predicted octanol–water partition coefficient (Wildman–Crippen LogP) is 1.82. The van der Waals surface area contributed by atoms with Crippen LogP contribution in [-0.4, -0.2) is 30.7 Å². The second-order valence-corrected chi connectivity index (χ2v) is 5.81. The molecule has 0 aromatic carbocycles. The minimum absolute atomic E-state index is 0.106. The van der Waals surface area contributed by atoms with E-state index in [0.29, 0.717) is 25.0 Å². The molecule has 1 rings (SSSR count).